The minimum atomic E-state index is -0.546. The van der Waals surface area contributed by atoms with E-state index in [1.807, 2.05) is 0 Å². The van der Waals surface area contributed by atoms with Crippen LogP contribution in [-0.4, -0.2) is 35.4 Å². The van der Waals surface area contributed by atoms with Crippen LogP contribution < -0.4 is 10.6 Å². The summed E-state index contributed by atoms with van der Waals surface area (Å²) in [4.78, 5) is 24.0. The Balaban J connectivity index is 0.00000289. The van der Waals surface area contributed by atoms with Crippen LogP contribution in [-0.2, 0) is 0 Å². The monoisotopic (exact) mass is 276 g/mol. The number of hydrogen-bond donors (Lipinski definition) is 3. The summed E-state index contributed by atoms with van der Waals surface area (Å²) < 4.78 is 0. The van der Waals surface area contributed by atoms with Crippen molar-refractivity contribution >= 4 is 24.0 Å². The van der Waals surface area contributed by atoms with Crippen molar-refractivity contribution < 1.29 is 9.72 Å². The standard InChI is InChI=1S/C10H16N4O3.ClH/c1-2-3-11-4-5-12-10(15)9-6-8(7-13-9)14(16)17;/h6-7,11,13H,2-5H2,1H3,(H,12,15);1H. The molecule has 3 N–H and O–H groups in total. The van der Waals surface area contributed by atoms with E-state index >= 15 is 0 Å². The predicted octanol–water partition coefficient (Wildman–Crippen LogP) is 1.07. The Kier molecular flexibility index (Phi) is 7.73. The number of aromatic nitrogens is 1. The molecule has 0 unspecified atom stereocenters. The highest BCUT2D eigenvalue weighted by Crippen LogP contribution is 2.11. The summed E-state index contributed by atoms with van der Waals surface area (Å²) in [6.45, 7) is 4.14. The Bertz CT molecular complexity index is 394. The van der Waals surface area contributed by atoms with Gasteiger partial charge in [-0.15, -0.1) is 12.4 Å². The fraction of sp³-hybridized carbons (Fsp3) is 0.500. The van der Waals surface area contributed by atoms with Gasteiger partial charge in [-0.05, 0) is 13.0 Å². The van der Waals surface area contributed by atoms with Crippen LogP contribution in [0, 0.1) is 10.1 Å². The molecule has 1 aromatic heterocycles. The van der Waals surface area contributed by atoms with E-state index in [0.717, 1.165) is 13.0 Å². The van der Waals surface area contributed by atoms with E-state index in [-0.39, 0.29) is 29.7 Å². The predicted molar refractivity (Wildman–Crippen MR) is 70.2 cm³/mol. The van der Waals surface area contributed by atoms with Gasteiger partial charge in [0.25, 0.3) is 11.6 Å². The van der Waals surface area contributed by atoms with Crippen LogP contribution in [0.1, 0.15) is 23.8 Å². The Morgan fingerprint density at radius 3 is 2.72 bits per heavy atom. The lowest BCUT2D eigenvalue weighted by atomic mass is 10.4. The van der Waals surface area contributed by atoms with E-state index in [9.17, 15) is 14.9 Å². The molecule has 0 atom stereocenters. The molecule has 0 aliphatic heterocycles. The average Bonchev–Trinajstić information content (AvgIpc) is 2.78. The normalized spacial score (nSPS) is 9.61. The van der Waals surface area contributed by atoms with Gasteiger partial charge in [-0.3, -0.25) is 14.9 Å². The maximum absolute atomic E-state index is 11.5. The van der Waals surface area contributed by atoms with Gasteiger partial charge in [-0.25, -0.2) is 0 Å². The van der Waals surface area contributed by atoms with Crippen molar-refractivity contribution in [3.8, 4) is 0 Å². The van der Waals surface area contributed by atoms with Crippen molar-refractivity contribution in [3.63, 3.8) is 0 Å². The van der Waals surface area contributed by atoms with Gasteiger partial charge in [-0.2, -0.15) is 0 Å². The molecule has 0 aliphatic carbocycles. The molecule has 0 saturated heterocycles. The number of nitrogens with one attached hydrogen (secondary N) is 3. The summed E-state index contributed by atoms with van der Waals surface area (Å²) in [7, 11) is 0. The average molecular weight is 277 g/mol. The first kappa shape index (κ1) is 16.4. The van der Waals surface area contributed by atoms with E-state index in [4.69, 9.17) is 0 Å². The summed E-state index contributed by atoms with van der Waals surface area (Å²) in [6, 6.07) is 1.22. The molecule has 18 heavy (non-hydrogen) atoms. The topological polar surface area (TPSA) is 100 Å². The highest BCUT2D eigenvalue weighted by molar-refractivity contribution is 5.93. The summed E-state index contributed by atoms with van der Waals surface area (Å²) in [5.41, 5.74) is 0.0893. The quantitative estimate of drug-likeness (QED) is 0.394. The molecule has 0 aliphatic rings. The van der Waals surface area contributed by atoms with Crippen molar-refractivity contribution in [2.45, 2.75) is 13.3 Å². The molecule has 0 bridgehead atoms. The molecule has 102 valence electrons. The summed E-state index contributed by atoms with van der Waals surface area (Å²) in [5, 5.41) is 16.2. The number of rotatable bonds is 7. The summed E-state index contributed by atoms with van der Waals surface area (Å²) in [6.07, 6.45) is 2.24. The van der Waals surface area contributed by atoms with Crippen LogP contribution in [0.3, 0.4) is 0 Å². The van der Waals surface area contributed by atoms with E-state index in [1.54, 1.807) is 0 Å². The van der Waals surface area contributed by atoms with Gasteiger partial charge < -0.3 is 15.6 Å². The molecule has 7 nitrogen and oxygen atoms in total. The van der Waals surface area contributed by atoms with Gasteiger partial charge >= 0.3 is 0 Å². The zero-order valence-electron chi connectivity index (χ0n) is 10.1. The van der Waals surface area contributed by atoms with Crippen molar-refractivity contribution in [1.82, 2.24) is 15.6 Å². The number of halogens is 1. The molecule has 1 heterocycles. The second-order valence-electron chi connectivity index (χ2n) is 3.53. The summed E-state index contributed by atoms with van der Waals surface area (Å²) >= 11 is 0. The number of aromatic amines is 1. The molecule has 1 rings (SSSR count). The molecule has 1 aromatic rings. The maximum Gasteiger partial charge on any atom is 0.287 e. The molecule has 1 amide bonds. The van der Waals surface area contributed by atoms with Crippen molar-refractivity contribution in [2.24, 2.45) is 0 Å². The Labute approximate surface area is 111 Å². The van der Waals surface area contributed by atoms with Crippen molar-refractivity contribution in [2.75, 3.05) is 19.6 Å². The molecule has 0 spiro atoms. The lowest BCUT2D eigenvalue weighted by molar-refractivity contribution is -0.384. The SMILES string of the molecule is CCCNCCNC(=O)c1cc([N+](=O)[O-])c[nH]1.Cl. The van der Waals surface area contributed by atoms with E-state index in [1.165, 1.54) is 12.3 Å². The number of hydrogen-bond acceptors (Lipinski definition) is 4. The minimum Gasteiger partial charge on any atom is -0.351 e. The van der Waals surface area contributed by atoms with Gasteiger partial charge in [0.15, 0.2) is 0 Å². The van der Waals surface area contributed by atoms with Gasteiger partial charge in [0.1, 0.15) is 5.69 Å². The zero-order valence-corrected chi connectivity index (χ0v) is 10.9. The first-order chi connectivity index (χ1) is 8.15. The van der Waals surface area contributed by atoms with Crippen LogP contribution in [0.4, 0.5) is 5.69 Å². The highest BCUT2D eigenvalue weighted by atomic mass is 35.5. The third-order valence-electron chi connectivity index (χ3n) is 2.14. The zero-order chi connectivity index (χ0) is 12.7. The van der Waals surface area contributed by atoms with E-state index in [2.05, 4.69) is 22.5 Å². The molecule has 0 saturated carbocycles. The summed E-state index contributed by atoms with van der Waals surface area (Å²) in [5.74, 6) is -0.337. The van der Waals surface area contributed by atoms with Gasteiger partial charge in [-0.1, -0.05) is 6.92 Å². The van der Waals surface area contributed by atoms with Crippen LogP contribution >= 0.6 is 12.4 Å². The largest absolute Gasteiger partial charge is 0.351 e. The Hall–Kier alpha value is -1.60. The molecule has 8 heteroatoms. The Morgan fingerprint density at radius 2 is 2.17 bits per heavy atom. The minimum absolute atomic E-state index is 0. The molecule has 0 fully saturated rings. The number of amides is 1. The third-order valence-corrected chi connectivity index (χ3v) is 2.14. The second-order valence-corrected chi connectivity index (χ2v) is 3.53. The van der Waals surface area contributed by atoms with Gasteiger partial charge in [0.2, 0.25) is 0 Å². The fourth-order valence-electron chi connectivity index (χ4n) is 1.28. The first-order valence-electron chi connectivity index (χ1n) is 5.47. The van der Waals surface area contributed by atoms with E-state index in [0.29, 0.717) is 13.1 Å². The fourth-order valence-corrected chi connectivity index (χ4v) is 1.28. The lowest BCUT2D eigenvalue weighted by Gasteiger charge is -2.04. The second kappa shape index (κ2) is 8.48. The Morgan fingerprint density at radius 1 is 1.44 bits per heavy atom. The van der Waals surface area contributed by atoms with Crippen LogP contribution in [0.2, 0.25) is 0 Å². The van der Waals surface area contributed by atoms with Crippen LogP contribution in [0.5, 0.6) is 0 Å². The number of nitro groups is 1. The van der Waals surface area contributed by atoms with Crippen molar-refractivity contribution in [1.29, 1.82) is 0 Å². The first-order valence-corrected chi connectivity index (χ1v) is 5.47. The number of nitrogens with zero attached hydrogens (tertiary/aromatic N) is 1. The number of H-pyrrole nitrogens is 1. The van der Waals surface area contributed by atoms with E-state index < -0.39 is 4.92 Å². The van der Waals surface area contributed by atoms with Crippen LogP contribution in [0.15, 0.2) is 12.3 Å². The smallest absolute Gasteiger partial charge is 0.287 e. The highest BCUT2D eigenvalue weighted by Gasteiger charge is 2.13. The molecular formula is C10H17ClN4O3. The third kappa shape index (κ3) is 5.15. The molecular weight excluding hydrogens is 260 g/mol. The van der Waals surface area contributed by atoms with Crippen molar-refractivity contribution in [3.05, 3.63) is 28.1 Å². The van der Waals surface area contributed by atoms with Crippen LogP contribution in [0.25, 0.3) is 0 Å². The molecule has 0 radical (unpaired) electrons. The van der Waals surface area contributed by atoms with Gasteiger partial charge in [0.05, 0.1) is 11.1 Å². The number of carbonyl (C=O) groups excluding carboxylic acids is 1. The van der Waals surface area contributed by atoms with Gasteiger partial charge in [0, 0.05) is 19.2 Å². The lowest BCUT2D eigenvalue weighted by Crippen LogP contribution is -2.32. The number of carbonyl (C=O) groups is 1. The molecule has 0 aromatic carbocycles. The maximum atomic E-state index is 11.5.